The van der Waals surface area contributed by atoms with E-state index in [2.05, 4.69) is 10.6 Å². The van der Waals surface area contributed by atoms with E-state index in [0.29, 0.717) is 18.5 Å². The maximum absolute atomic E-state index is 12.7. The van der Waals surface area contributed by atoms with Crippen LogP contribution in [0.4, 0.5) is 10.5 Å². The Bertz CT molecular complexity index is 910. The van der Waals surface area contributed by atoms with Crippen LogP contribution in [0.2, 0.25) is 0 Å². The fraction of sp³-hybridized carbons (Fsp3) is 0.286. The maximum Gasteiger partial charge on any atom is 0.325 e. The number of nitrogens with zero attached hydrogens (tertiary/aromatic N) is 1. The summed E-state index contributed by atoms with van der Waals surface area (Å²) in [7, 11) is 0. The number of nitrogens with one attached hydrogen (secondary N) is 2. The molecule has 4 rings (SSSR count). The molecular formula is C21H21N3O3S. The van der Waals surface area contributed by atoms with E-state index in [1.54, 1.807) is 11.8 Å². The maximum atomic E-state index is 12.7. The van der Waals surface area contributed by atoms with Crippen molar-refractivity contribution in [2.24, 2.45) is 0 Å². The summed E-state index contributed by atoms with van der Waals surface area (Å²) in [6.07, 6.45) is 3.12. The fourth-order valence-corrected chi connectivity index (χ4v) is 4.67. The zero-order valence-corrected chi connectivity index (χ0v) is 16.1. The Hall–Kier alpha value is -2.80. The average Bonchev–Trinajstić information content (AvgIpc) is 3.25. The third kappa shape index (κ3) is 3.62. The van der Waals surface area contributed by atoms with E-state index in [9.17, 15) is 14.4 Å². The molecule has 0 unspecified atom stereocenters. The van der Waals surface area contributed by atoms with Crippen molar-refractivity contribution < 1.29 is 14.4 Å². The second-order valence-corrected chi connectivity index (χ2v) is 8.19. The number of hydrogen-bond donors (Lipinski definition) is 2. The molecule has 7 heteroatoms. The second-order valence-electron chi connectivity index (χ2n) is 7.07. The van der Waals surface area contributed by atoms with E-state index in [1.807, 2.05) is 54.6 Å². The van der Waals surface area contributed by atoms with Gasteiger partial charge < -0.3 is 10.6 Å². The van der Waals surface area contributed by atoms with Crippen LogP contribution in [-0.4, -0.2) is 34.8 Å². The lowest BCUT2D eigenvalue weighted by atomic mass is 9.98. The van der Waals surface area contributed by atoms with Crippen molar-refractivity contribution in [3.8, 4) is 0 Å². The van der Waals surface area contributed by atoms with Gasteiger partial charge in [-0.15, -0.1) is 0 Å². The molecule has 2 aliphatic rings. The molecule has 1 saturated carbocycles. The predicted molar refractivity (Wildman–Crippen MR) is 107 cm³/mol. The largest absolute Gasteiger partial charge is 0.325 e. The van der Waals surface area contributed by atoms with E-state index in [4.69, 9.17) is 0 Å². The van der Waals surface area contributed by atoms with Gasteiger partial charge in [0.1, 0.15) is 12.1 Å². The lowest BCUT2D eigenvalue weighted by Crippen LogP contribution is -2.44. The predicted octanol–water partition coefficient (Wildman–Crippen LogP) is 3.64. The smallest absolute Gasteiger partial charge is 0.323 e. The highest BCUT2D eigenvalue weighted by Crippen LogP contribution is 2.35. The zero-order chi connectivity index (χ0) is 19.6. The fourth-order valence-electron chi connectivity index (χ4n) is 3.74. The van der Waals surface area contributed by atoms with Crippen molar-refractivity contribution >= 4 is 35.3 Å². The van der Waals surface area contributed by atoms with Crippen LogP contribution in [0, 0.1) is 0 Å². The summed E-state index contributed by atoms with van der Waals surface area (Å²) < 4.78 is 0. The molecule has 0 bridgehead atoms. The highest BCUT2D eigenvalue weighted by atomic mass is 32.2. The molecule has 0 aromatic heterocycles. The summed E-state index contributed by atoms with van der Waals surface area (Å²) in [6.45, 7) is -0.281. The summed E-state index contributed by atoms with van der Waals surface area (Å²) in [5, 5.41) is 5.64. The van der Waals surface area contributed by atoms with Crippen LogP contribution in [0.1, 0.15) is 25.7 Å². The van der Waals surface area contributed by atoms with Crippen molar-refractivity contribution in [2.45, 2.75) is 41.0 Å². The summed E-state index contributed by atoms with van der Waals surface area (Å²) in [5.74, 6) is -0.670. The molecule has 1 saturated heterocycles. The van der Waals surface area contributed by atoms with Gasteiger partial charge in [0, 0.05) is 9.79 Å². The number of rotatable bonds is 5. The van der Waals surface area contributed by atoms with Gasteiger partial charge in [0.05, 0.1) is 5.69 Å². The number of carbonyl (C=O) groups excluding carboxylic acids is 3. The number of imide groups is 1. The SMILES string of the molecule is O=C(CN1C(=O)NC2(CCCC2)C1=O)Nc1ccccc1Sc1ccccc1. The molecule has 6 nitrogen and oxygen atoms in total. The molecule has 1 spiro atoms. The van der Waals surface area contributed by atoms with Crippen LogP contribution in [0.5, 0.6) is 0 Å². The van der Waals surface area contributed by atoms with Gasteiger partial charge in [0.25, 0.3) is 5.91 Å². The van der Waals surface area contributed by atoms with Crippen molar-refractivity contribution in [2.75, 3.05) is 11.9 Å². The third-order valence-electron chi connectivity index (χ3n) is 5.14. The summed E-state index contributed by atoms with van der Waals surface area (Å²) in [6, 6.07) is 16.9. The second kappa shape index (κ2) is 7.67. The lowest BCUT2D eigenvalue weighted by molar-refractivity contribution is -0.133. The van der Waals surface area contributed by atoms with E-state index in [0.717, 1.165) is 27.5 Å². The highest BCUT2D eigenvalue weighted by molar-refractivity contribution is 7.99. The molecule has 28 heavy (non-hydrogen) atoms. The van der Waals surface area contributed by atoms with Gasteiger partial charge in [-0.2, -0.15) is 0 Å². The van der Waals surface area contributed by atoms with Crippen LogP contribution in [0.25, 0.3) is 0 Å². The molecule has 0 radical (unpaired) electrons. The number of benzene rings is 2. The summed E-state index contributed by atoms with van der Waals surface area (Å²) in [4.78, 5) is 40.5. The summed E-state index contributed by atoms with van der Waals surface area (Å²) >= 11 is 1.54. The highest BCUT2D eigenvalue weighted by Gasteiger charge is 2.52. The first kappa shape index (κ1) is 18.6. The van der Waals surface area contributed by atoms with Crippen LogP contribution in [0.3, 0.4) is 0 Å². The molecule has 144 valence electrons. The Morgan fingerprint density at radius 3 is 2.46 bits per heavy atom. The molecule has 2 N–H and O–H groups in total. The molecule has 1 aliphatic carbocycles. The van der Waals surface area contributed by atoms with Gasteiger partial charge in [0.2, 0.25) is 5.91 Å². The van der Waals surface area contributed by atoms with E-state index >= 15 is 0 Å². The normalized spacial score (nSPS) is 17.8. The van der Waals surface area contributed by atoms with Gasteiger partial charge in [-0.25, -0.2) is 4.79 Å². The molecule has 4 amide bonds. The number of anilines is 1. The number of amides is 4. The Kier molecular flexibility index (Phi) is 5.09. The van der Waals surface area contributed by atoms with Crippen molar-refractivity contribution in [1.29, 1.82) is 0 Å². The van der Waals surface area contributed by atoms with Crippen LogP contribution in [0.15, 0.2) is 64.4 Å². The van der Waals surface area contributed by atoms with Gasteiger partial charge in [-0.1, -0.05) is 54.9 Å². The van der Waals surface area contributed by atoms with E-state index in [-0.39, 0.29) is 18.4 Å². The third-order valence-corrected chi connectivity index (χ3v) is 6.22. The van der Waals surface area contributed by atoms with E-state index in [1.165, 1.54) is 0 Å². The Morgan fingerprint density at radius 2 is 1.71 bits per heavy atom. The minimum absolute atomic E-state index is 0.280. The minimum atomic E-state index is -0.793. The Balaban J connectivity index is 1.45. The first-order chi connectivity index (χ1) is 13.6. The minimum Gasteiger partial charge on any atom is -0.323 e. The number of urea groups is 1. The zero-order valence-electron chi connectivity index (χ0n) is 15.3. The monoisotopic (exact) mass is 395 g/mol. The van der Waals surface area contributed by atoms with Crippen molar-refractivity contribution in [3.05, 3.63) is 54.6 Å². The van der Waals surface area contributed by atoms with Crippen LogP contribution < -0.4 is 10.6 Å². The first-order valence-electron chi connectivity index (χ1n) is 9.33. The average molecular weight is 395 g/mol. The van der Waals surface area contributed by atoms with E-state index < -0.39 is 11.6 Å². The van der Waals surface area contributed by atoms with Crippen LogP contribution in [-0.2, 0) is 9.59 Å². The number of para-hydroxylation sites is 1. The number of hydrogen-bond acceptors (Lipinski definition) is 4. The van der Waals surface area contributed by atoms with Gasteiger partial charge >= 0.3 is 6.03 Å². The van der Waals surface area contributed by atoms with Crippen molar-refractivity contribution in [3.63, 3.8) is 0 Å². The van der Waals surface area contributed by atoms with Gasteiger partial charge in [-0.05, 0) is 37.1 Å². The quantitative estimate of drug-likeness (QED) is 0.758. The molecule has 1 aliphatic heterocycles. The standard InChI is InChI=1S/C21H21N3O3S/c25-18(14-24-19(26)21(23-20(24)27)12-6-7-13-21)22-16-10-4-5-11-17(16)28-15-8-2-1-3-9-15/h1-5,8-11H,6-7,12-14H2,(H,22,25)(H,23,27). The molecule has 2 aromatic rings. The molecule has 0 atom stereocenters. The topological polar surface area (TPSA) is 78.5 Å². The Morgan fingerprint density at radius 1 is 1.04 bits per heavy atom. The van der Waals surface area contributed by atoms with Crippen LogP contribution >= 0.6 is 11.8 Å². The molecule has 2 fully saturated rings. The Labute approximate surface area is 167 Å². The molecular weight excluding hydrogens is 374 g/mol. The summed E-state index contributed by atoms with van der Waals surface area (Å²) in [5.41, 5.74) is -0.137. The van der Waals surface area contributed by atoms with Gasteiger partial charge in [-0.3, -0.25) is 14.5 Å². The molecule has 2 aromatic carbocycles. The van der Waals surface area contributed by atoms with Gasteiger partial charge in [0.15, 0.2) is 0 Å². The lowest BCUT2D eigenvalue weighted by Gasteiger charge is -2.20. The number of carbonyl (C=O) groups is 3. The van der Waals surface area contributed by atoms with Crippen molar-refractivity contribution in [1.82, 2.24) is 10.2 Å². The first-order valence-corrected chi connectivity index (χ1v) is 10.1. The molecule has 1 heterocycles.